The van der Waals surface area contributed by atoms with Crippen molar-refractivity contribution in [1.82, 2.24) is 10.2 Å². The number of hydrogen-bond acceptors (Lipinski definition) is 4. The quantitative estimate of drug-likeness (QED) is 0.678. The Hall–Kier alpha value is -2.62. The van der Waals surface area contributed by atoms with E-state index in [1.165, 1.54) is 5.56 Å². The molecule has 0 atom stereocenters. The monoisotopic (exact) mass is 308 g/mol. The van der Waals surface area contributed by atoms with Gasteiger partial charge >= 0.3 is 0 Å². The number of aromatic nitrogens is 2. The van der Waals surface area contributed by atoms with E-state index in [1.54, 1.807) is 0 Å². The molecule has 0 spiro atoms. The minimum Gasteiger partial charge on any atom is -0.484 e. The van der Waals surface area contributed by atoms with Crippen LogP contribution in [0, 0.1) is 0 Å². The molecule has 23 heavy (non-hydrogen) atoms. The Morgan fingerprint density at radius 1 is 0.957 bits per heavy atom. The fourth-order valence-electron chi connectivity index (χ4n) is 2.30. The van der Waals surface area contributed by atoms with Gasteiger partial charge in [0.1, 0.15) is 5.75 Å². The molecule has 0 aliphatic carbocycles. The summed E-state index contributed by atoms with van der Waals surface area (Å²) in [5.74, 6) is 2.38. The van der Waals surface area contributed by atoms with Gasteiger partial charge in [-0.1, -0.05) is 56.3 Å². The molecule has 0 unspecified atom stereocenters. The molecule has 4 nitrogen and oxygen atoms in total. The van der Waals surface area contributed by atoms with Crippen molar-refractivity contribution in [2.75, 3.05) is 0 Å². The van der Waals surface area contributed by atoms with E-state index in [4.69, 9.17) is 9.15 Å². The van der Waals surface area contributed by atoms with Crippen molar-refractivity contribution in [1.29, 1.82) is 0 Å². The highest BCUT2D eigenvalue weighted by Crippen LogP contribution is 2.21. The molecule has 0 aliphatic rings. The topological polar surface area (TPSA) is 48.2 Å². The number of hydrogen-bond donors (Lipinski definition) is 0. The molecule has 0 radical (unpaired) electrons. The lowest BCUT2D eigenvalue weighted by atomic mass is 10.0. The summed E-state index contributed by atoms with van der Waals surface area (Å²) in [6, 6.07) is 18.1. The molecule has 0 saturated heterocycles. The molecule has 118 valence electrons. The molecule has 0 amide bonds. The van der Waals surface area contributed by atoms with Crippen LogP contribution in [0.1, 0.15) is 42.7 Å². The van der Waals surface area contributed by atoms with E-state index in [2.05, 4.69) is 30.1 Å². The molecule has 0 bridgehead atoms. The van der Waals surface area contributed by atoms with Gasteiger partial charge in [0, 0.05) is 0 Å². The van der Waals surface area contributed by atoms with Crippen molar-refractivity contribution in [2.45, 2.75) is 32.8 Å². The summed E-state index contributed by atoms with van der Waals surface area (Å²) in [7, 11) is 0. The second-order valence-electron chi connectivity index (χ2n) is 5.77. The first-order valence-corrected chi connectivity index (χ1v) is 7.78. The Balaban J connectivity index is 1.60. The molecule has 2 aromatic carbocycles. The zero-order chi connectivity index (χ0) is 16.1. The molecule has 1 aromatic heterocycles. The van der Waals surface area contributed by atoms with E-state index in [1.807, 2.05) is 48.5 Å². The Kier molecular flexibility index (Phi) is 4.71. The van der Waals surface area contributed by atoms with Crippen LogP contribution in [0.15, 0.2) is 59.0 Å². The second kappa shape index (κ2) is 7.09. The zero-order valence-corrected chi connectivity index (χ0v) is 13.4. The van der Waals surface area contributed by atoms with Gasteiger partial charge in [0.2, 0.25) is 5.89 Å². The van der Waals surface area contributed by atoms with Gasteiger partial charge in [0.05, 0.1) is 6.42 Å². The van der Waals surface area contributed by atoms with Crippen molar-refractivity contribution in [3.8, 4) is 5.75 Å². The van der Waals surface area contributed by atoms with Crippen molar-refractivity contribution in [2.24, 2.45) is 0 Å². The average Bonchev–Trinajstić information content (AvgIpc) is 3.01. The third kappa shape index (κ3) is 4.19. The number of nitrogens with zero attached hydrogens (tertiary/aromatic N) is 2. The fourth-order valence-corrected chi connectivity index (χ4v) is 2.30. The molecule has 0 N–H and O–H groups in total. The molecule has 0 fully saturated rings. The molecular weight excluding hydrogens is 288 g/mol. The van der Waals surface area contributed by atoms with Crippen LogP contribution in [-0.2, 0) is 13.0 Å². The van der Waals surface area contributed by atoms with E-state index in [-0.39, 0.29) is 6.61 Å². The molecule has 3 rings (SSSR count). The smallest absolute Gasteiger partial charge is 0.253 e. The van der Waals surface area contributed by atoms with Crippen molar-refractivity contribution in [3.05, 3.63) is 77.5 Å². The molecule has 4 heteroatoms. The van der Waals surface area contributed by atoms with Gasteiger partial charge in [-0.3, -0.25) is 0 Å². The maximum Gasteiger partial charge on any atom is 0.253 e. The maximum absolute atomic E-state index is 5.75. The van der Waals surface area contributed by atoms with Crippen LogP contribution in [0.25, 0.3) is 0 Å². The highest BCUT2D eigenvalue weighted by atomic mass is 16.5. The highest BCUT2D eigenvalue weighted by Gasteiger charge is 2.08. The van der Waals surface area contributed by atoms with E-state index in [0.29, 0.717) is 24.1 Å². The zero-order valence-electron chi connectivity index (χ0n) is 13.4. The first kappa shape index (κ1) is 15.3. The number of benzene rings is 2. The van der Waals surface area contributed by atoms with Crippen molar-refractivity contribution in [3.63, 3.8) is 0 Å². The summed E-state index contributed by atoms with van der Waals surface area (Å²) in [5, 5.41) is 8.12. The minimum absolute atomic E-state index is 0.281. The summed E-state index contributed by atoms with van der Waals surface area (Å²) in [5.41, 5.74) is 2.39. The summed E-state index contributed by atoms with van der Waals surface area (Å²) in [6.07, 6.45) is 0.636. The minimum atomic E-state index is 0.281. The Morgan fingerprint density at radius 2 is 1.74 bits per heavy atom. The predicted octanol–water partition coefficient (Wildman–Crippen LogP) is 4.36. The highest BCUT2D eigenvalue weighted by molar-refractivity contribution is 5.30. The first-order valence-electron chi connectivity index (χ1n) is 7.78. The van der Waals surface area contributed by atoms with Gasteiger partial charge in [-0.15, -0.1) is 10.2 Å². The molecule has 1 heterocycles. The largest absolute Gasteiger partial charge is 0.484 e. The lowest BCUT2D eigenvalue weighted by molar-refractivity contribution is 0.259. The summed E-state index contributed by atoms with van der Waals surface area (Å²) in [4.78, 5) is 0. The van der Waals surface area contributed by atoms with Crippen LogP contribution < -0.4 is 4.74 Å². The average molecular weight is 308 g/mol. The van der Waals surface area contributed by atoms with E-state index < -0.39 is 0 Å². The standard InChI is InChI=1S/C19H20N2O2/c1-14(2)16-9-6-10-17(12-16)22-13-19-21-20-18(23-19)11-15-7-4-3-5-8-15/h3-10,12,14H,11,13H2,1-2H3. The summed E-state index contributed by atoms with van der Waals surface area (Å²) in [6.45, 7) is 4.60. The van der Waals surface area contributed by atoms with Gasteiger partial charge in [0.25, 0.3) is 5.89 Å². The van der Waals surface area contributed by atoms with Crippen LogP contribution in [0.5, 0.6) is 5.75 Å². The molecule has 0 saturated carbocycles. The molecular formula is C19H20N2O2. The van der Waals surface area contributed by atoms with Crippen LogP contribution in [0.3, 0.4) is 0 Å². The second-order valence-corrected chi connectivity index (χ2v) is 5.77. The number of rotatable bonds is 6. The van der Waals surface area contributed by atoms with Gasteiger partial charge in [-0.2, -0.15) is 0 Å². The molecule has 3 aromatic rings. The fraction of sp³-hybridized carbons (Fsp3) is 0.263. The van der Waals surface area contributed by atoms with Gasteiger partial charge in [0.15, 0.2) is 6.61 Å². The Morgan fingerprint density at radius 3 is 2.52 bits per heavy atom. The van der Waals surface area contributed by atoms with Gasteiger partial charge < -0.3 is 9.15 Å². The summed E-state index contributed by atoms with van der Waals surface area (Å²) < 4.78 is 11.4. The van der Waals surface area contributed by atoms with E-state index in [9.17, 15) is 0 Å². The predicted molar refractivity (Wildman–Crippen MR) is 88.4 cm³/mol. The first-order chi connectivity index (χ1) is 11.2. The van der Waals surface area contributed by atoms with Gasteiger partial charge in [-0.25, -0.2) is 0 Å². The van der Waals surface area contributed by atoms with Crippen molar-refractivity contribution < 1.29 is 9.15 Å². The third-order valence-corrected chi connectivity index (χ3v) is 3.59. The van der Waals surface area contributed by atoms with Crippen LogP contribution in [-0.4, -0.2) is 10.2 Å². The van der Waals surface area contributed by atoms with Crippen molar-refractivity contribution >= 4 is 0 Å². The van der Waals surface area contributed by atoms with Crippen LogP contribution in [0.4, 0.5) is 0 Å². The van der Waals surface area contributed by atoms with Crippen LogP contribution in [0.2, 0.25) is 0 Å². The number of ether oxygens (including phenoxy) is 1. The lowest BCUT2D eigenvalue weighted by Crippen LogP contribution is -1.97. The normalized spacial score (nSPS) is 10.9. The van der Waals surface area contributed by atoms with Gasteiger partial charge in [-0.05, 0) is 29.2 Å². The Bertz CT molecular complexity index is 751. The van der Waals surface area contributed by atoms with E-state index >= 15 is 0 Å². The molecule has 0 aliphatic heterocycles. The Labute approximate surface area is 136 Å². The van der Waals surface area contributed by atoms with E-state index in [0.717, 1.165) is 11.3 Å². The lowest BCUT2D eigenvalue weighted by Gasteiger charge is -2.08. The van der Waals surface area contributed by atoms with Crippen LogP contribution >= 0.6 is 0 Å². The maximum atomic E-state index is 5.75. The SMILES string of the molecule is CC(C)c1cccc(OCc2nnc(Cc3ccccc3)o2)c1. The summed E-state index contributed by atoms with van der Waals surface area (Å²) >= 11 is 0. The third-order valence-electron chi connectivity index (χ3n) is 3.59.